The van der Waals surface area contributed by atoms with Crippen LogP contribution in [0, 0.1) is 0 Å². The van der Waals surface area contributed by atoms with E-state index in [4.69, 9.17) is 0 Å². The molecule has 0 saturated carbocycles. The lowest BCUT2D eigenvalue weighted by atomic mass is 10.1. The summed E-state index contributed by atoms with van der Waals surface area (Å²) in [6.07, 6.45) is -0.448. The van der Waals surface area contributed by atoms with Gasteiger partial charge in [-0.05, 0) is 11.1 Å². The third kappa shape index (κ3) is 0.735. The van der Waals surface area contributed by atoms with Crippen molar-refractivity contribution in [3.63, 3.8) is 0 Å². The molecule has 1 unspecified atom stereocenters. The van der Waals surface area contributed by atoms with Gasteiger partial charge in [0.05, 0.1) is 0 Å². The fourth-order valence-electron chi connectivity index (χ4n) is 1.28. The summed E-state index contributed by atoms with van der Waals surface area (Å²) in [5, 5.41) is 12.2. The first-order chi connectivity index (χ1) is 4.88. The third-order valence-corrected chi connectivity index (χ3v) is 1.84. The van der Waals surface area contributed by atoms with Crippen LogP contribution in [0.15, 0.2) is 24.3 Å². The first-order valence-corrected chi connectivity index (χ1v) is 3.37. The molecule has 0 bridgehead atoms. The zero-order chi connectivity index (χ0) is 6.97. The number of aliphatic hydroxyl groups excluding tert-OH is 1. The Hall–Kier alpha value is -0.860. The summed E-state index contributed by atoms with van der Waals surface area (Å²) in [7, 11) is 0. The van der Waals surface area contributed by atoms with E-state index in [1.165, 1.54) is 5.56 Å². The molecule has 2 nitrogen and oxygen atoms in total. The molecule has 2 rings (SSSR count). The van der Waals surface area contributed by atoms with Gasteiger partial charge in [-0.1, -0.05) is 24.3 Å². The first-order valence-electron chi connectivity index (χ1n) is 3.37. The molecule has 1 atom stereocenters. The van der Waals surface area contributed by atoms with E-state index >= 15 is 0 Å². The van der Waals surface area contributed by atoms with Gasteiger partial charge in [-0.2, -0.15) is 0 Å². The highest BCUT2D eigenvalue weighted by Crippen LogP contribution is 2.21. The number of benzene rings is 1. The maximum atomic E-state index is 9.27. The van der Waals surface area contributed by atoms with Crippen LogP contribution in [0.25, 0.3) is 0 Å². The maximum Gasteiger partial charge on any atom is 0.131 e. The molecule has 1 aromatic rings. The van der Waals surface area contributed by atoms with Gasteiger partial charge in [0, 0.05) is 6.54 Å². The minimum Gasteiger partial charge on any atom is -0.374 e. The lowest BCUT2D eigenvalue weighted by Crippen LogP contribution is -2.09. The Balaban J connectivity index is 2.51. The van der Waals surface area contributed by atoms with Gasteiger partial charge in [-0.25, -0.2) is 0 Å². The highest BCUT2D eigenvalue weighted by Gasteiger charge is 2.17. The second-order valence-corrected chi connectivity index (χ2v) is 2.48. The van der Waals surface area contributed by atoms with Crippen LogP contribution in [0.1, 0.15) is 17.4 Å². The molecule has 10 heavy (non-hydrogen) atoms. The van der Waals surface area contributed by atoms with Crippen molar-refractivity contribution in [3.05, 3.63) is 35.4 Å². The summed E-state index contributed by atoms with van der Waals surface area (Å²) < 4.78 is 0. The molecule has 1 aliphatic heterocycles. The van der Waals surface area contributed by atoms with Crippen molar-refractivity contribution >= 4 is 0 Å². The quantitative estimate of drug-likeness (QED) is 0.551. The van der Waals surface area contributed by atoms with Gasteiger partial charge in [0.25, 0.3) is 0 Å². The van der Waals surface area contributed by atoms with Crippen LogP contribution in [0.3, 0.4) is 0 Å². The lowest BCUT2D eigenvalue weighted by molar-refractivity contribution is 0.151. The largest absolute Gasteiger partial charge is 0.374 e. The summed E-state index contributed by atoms with van der Waals surface area (Å²) in [6.45, 7) is 0.789. The van der Waals surface area contributed by atoms with Crippen molar-refractivity contribution in [2.45, 2.75) is 12.8 Å². The van der Waals surface area contributed by atoms with Crippen molar-refractivity contribution in [2.75, 3.05) is 0 Å². The highest BCUT2D eigenvalue weighted by atomic mass is 16.3. The van der Waals surface area contributed by atoms with E-state index in [9.17, 15) is 5.11 Å². The predicted octanol–water partition coefficient (Wildman–Crippen LogP) is 0.781. The number of rotatable bonds is 0. The van der Waals surface area contributed by atoms with E-state index < -0.39 is 6.23 Å². The standard InChI is InChI=1S/C8H9NO/c10-8-7-4-2-1-3-6(7)5-9-8/h1-4,8-10H,5H2. The Morgan fingerprint density at radius 3 is 3.00 bits per heavy atom. The highest BCUT2D eigenvalue weighted by molar-refractivity contribution is 5.31. The molecule has 2 heteroatoms. The van der Waals surface area contributed by atoms with Gasteiger partial charge in [0.15, 0.2) is 0 Å². The summed E-state index contributed by atoms with van der Waals surface area (Å²) >= 11 is 0. The number of aliphatic hydroxyl groups is 1. The Labute approximate surface area is 59.5 Å². The van der Waals surface area contributed by atoms with E-state index in [2.05, 4.69) is 5.32 Å². The molecule has 1 aliphatic rings. The molecule has 0 fully saturated rings. The average molecular weight is 135 g/mol. The van der Waals surface area contributed by atoms with Gasteiger partial charge in [-0.15, -0.1) is 0 Å². The summed E-state index contributed by atoms with van der Waals surface area (Å²) in [6, 6.07) is 7.90. The Kier molecular flexibility index (Phi) is 1.22. The lowest BCUT2D eigenvalue weighted by Gasteiger charge is -2.00. The molecule has 0 radical (unpaired) electrons. The van der Waals surface area contributed by atoms with Gasteiger partial charge >= 0.3 is 0 Å². The normalized spacial score (nSPS) is 22.7. The zero-order valence-electron chi connectivity index (χ0n) is 5.54. The first kappa shape index (κ1) is 5.89. The Bertz CT molecular complexity index is 247. The van der Waals surface area contributed by atoms with Crippen molar-refractivity contribution in [2.24, 2.45) is 0 Å². The van der Waals surface area contributed by atoms with E-state index in [-0.39, 0.29) is 0 Å². The van der Waals surface area contributed by atoms with Crippen LogP contribution < -0.4 is 5.32 Å². The van der Waals surface area contributed by atoms with Crippen molar-refractivity contribution in [1.82, 2.24) is 5.32 Å². The Morgan fingerprint density at radius 2 is 2.20 bits per heavy atom. The van der Waals surface area contributed by atoms with Crippen molar-refractivity contribution < 1.29 is 5.11 Å². The van der Waals surface area contributed by atoms with Gasteiger partial charge in [0.1, 0.15) is 6.23 Å². The minimum absolute atomic E-state index is 0.448. The Morgan fingerprint density at radius 1 is 1.40 bits per heavy atom. The van der Waals surface area contributed by atoms with E-state index in [0.29, 0.717) is 0 Å². The second-order valence-electron chi connectivity index (χ2n) is 2.48. The van der Waals surface area contributed by atoms with Crippen LogP contribution in [-0.4, -0.2) is 5.11 Å². The van der Waals surface area contributed by atoms with Crippen LogP contribution >= 0.6 is 0 Å². The summed E-state index contributed by atoms with van der Waals surface area (Å²) in [4.78, 5) is 0. The van der Waals surface area contributed by atoms with Crippen LogP contribution in [0.4, 0.5) is 0 Å². The molecule has 0 spiro atoms. The molecular formula is C8H9NO. The second kappa shape index (κ2) is 2.08. The predicted molar refractivity (Wildman–Crippen MR) is 38.2 cm³/mol. The van der Waals surface area contributed by atoms with E-state index in [1.54, 1.807) is 0 Å². The summed E-state index contributed by atoms with van der Waals surface area (Å²) in [5.41, 5.74) is 2.22. The van der Waals surface area contributed by atoms with Crippen LogP contribution in [0.5, 0.6) is 0 Å². The third-order valence-electron chi connectivity index (χ3n) is 1.84. The smallest absolute Gasteiger partial charge is 0.131 e. The van der Waals surface area contributed by atoms with Gasteiger partial charge in [0.2, 0.25) is 0 Å². The molecular weight excluding hydrogens is 126 g/mol. The van der Waals surface area contributed by atoms with Gasteiger partial charge < -0.3 is 5.11 Å². The zero-order valence-corrected chi connectivity index (χ0v) is 5.54. The van der Waals surface area contributed by atoms with Crippen LogP contribution in [0.2, 0.25) is 0 Å². The topological polar surface area (TPSA) is 32.3 Å². The molecule has 52 valence electrons. The molecule has 0 aromatic heterocycles. The van der Waals surface area contributed by atoms with E-state index in [1.807, 2.05) is 24.3 Å². The summed E-state index contributed by atoms with van der Waals surface area (Å²) in [5.74, 6) is 0. The number of hydrogen-bond acceptors (Lipinski definition) is 2. The monoisotopic (exact) mass is 135 g/mol. The van der Waals surface area contributed by atoms with Gasteiger partial charge in [-0.3, -0.25) is 5.32 Å². The molecule has 0 aliphatic carbocycles. The molecule has 2 N–H and O–H groups in total. The molecule has 0 amide bonds. The fraction of sp³-hybridized carbons (Fsp3) is 0.250. The molecule has 1 heterocycles. The minimum atomic E-state index is -0.448. The molecule has 1 aromatic carbocycles. The van der Waals surface area contributed by atoms with Crippen molar-refractivity contribution in [1.29, 1.82) is 0 Å². The van der Waals surface area contributed by atoms with Crippen molar-refractivity contribution in [3.8, 4) is 0 Å². The molecule has 0 saturated heterocycles. The average Bonchev–Trinajstić information content (AvgIpc) is 2.34. The van der Waals surface area contributed by atoms with Crippen LogP contribution in [-0.2, 0) is 6.54 Å². The SMILES string of the molecule is OC1NCc2ccccc21. The fourth-order valence-corrected chi connectivity index (χ4v) is 1.28. The number of hydrogen-bond donors (Lipinski definition) is 2. The number of fused-ring (bicyclic) bond motifs is 1. The number of nitrogens with one attached hydrogen (secondary N) is 1. The van der Waals surface area contributed by atoms with E-state index in [0.717, 1.165) is 12.1 Å². The maximum absolute atomic E-state index is 9.27.